The number of hydrogen-bond donors (Lipinski definition) is 4. The Kier molecular flexibility index (Phi) is 8.92. The van der Waals surface area contributed by atoms with Crippen molar-refractivity contribution in [3.05, 3.63) is 101 Å². The number of nitrogens with one attached hydrogen (secondary N) is 2. The molecule has 0 spiro atoms. The summed E-state index contributed by atoms with van der Waals surface area (Å²) in [5, 5.41) is 27.6. The highest BCUT2D eigenvalue weighted by Crippen LogP contribution is 2.40. The number of aromatic hydroxyl groups is 1. The molecule has 1 saturated carbocycles. The molecule has 0 radical (unpaired) electrons. The van der Waals surface area contributed by atoms with E-state index >= 15 is 0 Å². The molecule has 42 heavy (non-hydrogen) atoms. The van der Waals surface area contributed by atoms with Crippen molar-refractivity contribution in [1.29, 1.82) is 0 Å². The summed E-state index contributed by atoms with van der Waals surface area (Å²) in [4.78, 5) is 42.7. The predicted octanol–water partition coefficient (Wildman–Crippen LogP) is 3.80. The van der Waals surface area contributed by atoms with Crippen molar-refractivity contribution < 1.29 is 24.6 Å². The van der Waals surface area contributed by atoms with Crippen LogP contribution in [-0.2, 0) is 22.6 Å². The molecule has 6 rings (SSSR count). The van der Waals surface area contributed by atoms with E-state index in [0.717, 1.165) is 42.4 Å². The number of benzene rings is 3. The molecular formula is C34H39N3O5. The molecule has 0 aromatic heterocycles. The van der Waals surface area contributed by atoms with E-state index in [1.54, 1.807) is 24.0 Å². The Morgan fingerprint density at radius 1 is 0.905 bits per heavy atom. The fourth-order valence-corrected chi connectivity index (χ4v) is 6.45. The smallest absolute Gasteiger partial charge is 0.254 e. The lowest BCUT2D eigenvalue weighted by atomic mass is 9.73. The van der Waals surface area contributed by atoms with Crippen LogP contribution in [-0.4, -0.2) is 57.1 Å². The number of carbonyl (C=O) groups excluding carboxylic acids is 3. The van der Waals surface area contributed by atoms with Crippen LogP contribution in [0.3, 0.4) is 0 Å². The number of hydrogen-bond acceptors (Lipinski definition) is 5. The van der Waals surface area contributed by atoms with Gasteiger partial charge in [-0.15, -0.1) is 0 Å². The van der Waals surface area contributed by atoms with Crippen LogP contribution >= 0.6 is 0 Å². The SMILES string of the molecule is Cc1ccccc1CNC(=O)C1C2CCC(CC2)N1C(=O)C(O)C(Cc1ccccc1)NC(=O)c1cccc(O)c1C. The molecule has 3 unspecified atom stereocenters. The molecule has 1 aliphatic carbocycles. The van der Waals surface area contributed by atoms with Gasteiger partial charge in [-0.2, -0.15) is 0 Å². The van der Waals surface area contributed by atoms with Crippen LogP contribution in [0, 0.1) is 19.8 Å². The first-order valence-corrected chi connectivity index (χ1v) is 14.7. The quantitative estimate of drug-likeness (QED) is 0.313. The summed E-state index contributed by atoms with van der Waals surface area (Å²) in [5.41, 5.74) is 3.60. The maximum Gasteiger partial charge on any atom is 0.254 e. The Labute approximate surface area is 246 Å². The first-order valence-electron chi connectivity index (χ1n) is 14.7. The molecule has 2 aliphatic heterocycles. The van der Waals surface area contributed by atoms with Gasteiger partial charge in [0.25, 0.3) is 11.8 Å². The van der Waals surface area contributed by atoms with E-state index in [1.807, 2.05) is 61.5 Å². The largest absolute Gasteiger partial charge is 0.508 e. The lowest BCUT2D eigenvalue weighted by Gasteiger charge is -2.51. The molecule has 3 atom stereocenters. The Bertz CT molecular complexity index is 1430. The molecule has 220 valence electrons. The number of phenols is 1. The average molecular weight is 570 g/mol. The number of phenolic OH excluding ortho intramolecular Hbond substituents is 1. The molecular weight excluding hydrogens is 530 g/mol. The first-order chi connectivity index (χ1) is 20.2. The highest BCUT2D eigenvalue weighted by atomic mass is 16.3. The van der Waals surface area contributed by atoms with Gasteiger partial charge >= 0.3 is 0 Å². The van der Waals surface area contributed by atoms with Crippen LogP contribution in [0.15, 0.2) is 72.8 Å². The number of amides is 3. The molecule has 3 fully saturated rings. The van der Waals surface area contributed by atoms with E-state index in [4.69, 9.17) is 0 Å². The second-order valence-electron chi connectivity index (χ2n) is 11.6. The number of aryl methyl sites for hydroxylation is 1. The lowest BCUT2D eigenvalue weighted by Crippen LogP contribution is -2.66. The number of piperidine rings is 2. The van der Waals surface area contributed by atoms with Gasteiger partial charge in [0.1, 0.15) is 11.8 Å². The molecule has 3 aromatic rings. The van der Waals surface area contributed by atoms with Crippen LogP contribution in [0.5, 0.6) is 5.75 Å². The Morgan fingerprint density at radius 3 is 2.31 bits per heavy atom. The van der Waals surface area contributed by atoms with Crippen molar-refractivity contribution in [2.45, 2.75) is 76.7 Å². The fourth-order valence-electron chi connectivity index (χ4n) is 6.45. The van der Waals surface area contributed by atoms with Crippen LogP contribution in [0.2, 0.25) is 0 Å². The van der Waals surface area contributed by atoms with Gasteiger partial charge in [-0.05, 0) is 80.7 Å². The standard InChI is InChI=1S/C34H39N3O5/c1-21-9-6-7-12-25(21)20-35-33(41)30-24-15-17-26(18-16-24)37(30)34(42)31(39)28(19-23-10-4-3-5-11-23)36-32(40)27-13-8-14-29(38)22(27)2/h3-14,24,26,28,30-31,38-39H,15-20H2,1-2H3,(H,35,41)(H,36,40). The monoisotopic (exact) mass is 569 g/mol. The van der Waals surface area contributed by atoms with Crippen molar-refractivity contribution in [3.63, 3.8) is 0 Å². The summed E-state index contributed by atoms with van der Waals surface area (Å²) < 4.78 is 0. The maximum absolute atomic E-state index is 14.1. The number of nitrogens with zero attached hydrogens (tertiary/aromatic N) is 1. The van der Waals surface area contributed by atoms with E-state index in [9.17, 15) is 24.6 Å². The van der Waals surface area contributed by atoms with Gasteiger partial charge in [0.2, 0.25) is 5.91 Å². The van der Waals surface area contributed by atoms with Crippen LogP contribution in [0.1, 0.15) is 58.3 Å². The molecule has 3 aliphatic rings. The predicted molar refractivity (Wildman–Crippen MR) is 160 cm³/mol. The van der Waals surface area contributed by atoms with Gasteiger partial charge in [-0.25, -0.2) is 0 Å². The van der Waals surface area contributed by atoms with Gasteiger partial charge in [-0.3, -0.25) is 14.4 Å². The third-order valence-electron chi connectivity index (χ3n) is 8.92. The van der Waals surface area contributed by atoms with Gasteiger partial charge < -0.3 is 25.7 Å². The molecule has 3 aromatic carbocycles. The van der Waals surface area contributed by atoms with Crippen molar-refractivity contribution in [1.82, 2.24) is 15.5 Å². The molecule has 8 heteroatoms. The van der Waals surface area contributed by atoms with Crippen LogP contribution in [0.25, 0.3) is 0 Å². The van der Waals surface area contributed by atoms with Crippen molar-refractivity contribution in [2.75, 3.05) is 0 Å². The highest BCUT2D eigenvalue weighted by molar-refractivity contribution is 5.97. The second kappa shape index (κ2) is 12.8. The third kappa shape index (κ3) is 6.19. The minimum atomic E-state index is -1.57. The number of aliphatic hydroxyl groups excluding tert-OH is 1. The van der Waals surface area contributed by atoms with Crippen molar-refractivity contribution in [2.24, 2.45) is 5.92 Å². The van der Waals surface area contributed by atoms with Gasteiger partial charge in [0, 0.05) is 23.7 Å². The summed E-state index contributed by atoms with van der Waals surface area (Å²) in [6, 6.07) is 20.1. The first kappa shape index (κ1) is 29.3. The normalized spacial score (nSPS) is 20.9. The molecule has 2 saturated heterocycles. The van der Waals surface area contributed by atoms with E-state index in [1.165, 1.54) is 6.07 Å². The zero-order valence-electron chi connectivity index (χ0n) is 24.1. The Hall–Kier alpha value is -4.17. The summed E-state index contributed by atoms with van der Waals surface area (Å²) in [6.45, 7) is 4.00. The van der Waals surface area contributed by atoms with Crippen LogP contribution in [0.4, 0.5) is 0 Å². The molecule has 4 N–H and O–H groups in total. The minimum Gasteiger partial charge on any atom is -0.508 e. The zero-order valence-corrected chi connectivity index (χ0v) is 24.1. The number of fused-ring (bicyclic) bond motifs is 3. The third-order valence-corrected chi connectivity index (χ3v) is 8.92. The van der Waals surface area contributed by atoms with E-state index < -0.39 is 30.0 Å². The summed E-state index contributed by atoms with van der Waals surface area (Å²) in [6.07, 6.45) is 1.91. The lowest BCUT2D eigenvalue weighted by molar-refractivity contribution is -0.161. The van der Waals surface area contributed by atoms with Crippen LogP contribution < -0.4 is 10.6 Å². The fraction of sp³-hybridized carbons (Fsp3) is 0.382. The summed E-state index contributed by atoms with van der Waals surface area (Å²) in [7, 11) is 0. The Balaban J connectivity index is 1.38. The molecule has 2 heterocycles. The number of aliphatic hydroxyl groups is 1. The number of rotatable bonds is 9. The second-order valence-corrected chi connectivity index (χ2v) is 11.6. The highest BCUT2D eigenvalue weighted by Gasteiger charge is 2.49. The van der Waals surface area contributed by atoms with E-state index in [-0.39, 0.29) is 35.6 Å². The maximum atomic E-state index is 14.1. The molecule has 8 nitrogen and oxygen atoms in total. The van der Waals surface area contributed by atoms with Crippen molar-refractivity contribution in [3.8, 4) is 5.75 Å². The Morgan fingerprint density at radius 2 is 1.60 bits per heavy atom. The topological polar surface area (TPSA) is 119 Å². The minimum absolute atomic E-state index is 0.0113. The molecule has 2 bridgehead atoms. The van der Waals surface area contributed by atoms with Gasteiger partial charge in [-0.1, -0.05) is 60.7 Å². The number of carbonyl (C=O) groups is 3. The van der Waals surface area contributed by atoms with Gasteiger partial charge in [0.15, 0.2) is 6.10 Å². The van der Waals surface area contributed by atoms with E-state index in [0.29, 0.717) is 12.1 Å². The van der Waals surface area contributed by atoms with E-state index in [2.05, 4.69) is 10.6 Å². The molecule has 3 amide bonds. The van der Waals surface area contributed by atoms with Crippen molar-refractivity contribution >= 4 is 17.7 Å². The summed E-state index contributed by atoms with van der Waals surface area (Å²) >= 11 is 0. The van der Waals surface area contributed by atoms with Gasteiger partial charge in [0.05, 0.1) is 6.04 Å². The zero-order chi connectivity index (χ0) is 29.8. The summed E-state index contributed by atoms with van der Waals surface area (Å²) in [5.74, 6) is -1.26. The average Bonchev–Trinajstić information content (AvgIpc) is 3.01.